The van der Waals surface area contributed by atoms with Crippen molar-refractivity contribution in [3.63, 3.8) is 0 Å². The van der Waals surface area contributed by atoms with E-state index in [0.29, 0.717) is 12.3 Å². The van der Waals surface area contributed by atoms with E-state index in [9.17, 15) is 10.1 Å². The third-order valence-corrected chi connectivity index (χ3v) is 4.20. The fourth-order valence-electron chi connectivity index (χ4n) is 2.75. The molecule has 2 nitrogen and oxygen atoms in total. The average molecular weight is 271 g/mol. The molecule has 0 fully saturated rings. The van der Waals surface area contributed by atoms with Crippen molar-refractivity contribution in [3.05, 3.63) is 35.9 Å². The SMILES string of the molecule is CCCCC(CC)CC(C#N)(C(C)=O)c1ccccc1. The summed E-state index contributed by atoms with van der Waals surface area (Å²) < 4.78 is 0. The minimum absolute atomic E-state index is 0.0406. The Balaban J connectivity index is 3.07. The van der Waals surface area contributed by atoms with Crippen molar-refractivity contribution < 1.29 is 4.79 Å². The Hall–Kier alpha value is -1.62. The maximum atomic E-state index is 12.2. The maximum absolute atomic E-state index is 12.2. The summed E-state index contributed by atoms with van der Waals surface area (Å²) in [4.78, 5) is 12.2. The highest BCUT2D eigenvalue weighted by molar-refractivity contribution is 5.91. The number of rotatable bonds is 8. The highest BCUT2D eigenvalue weighted by Gasteiger charge is 2.39. The van der Waals surface area contributed by atoms with Gasteiger partial charge in [0.15, 0.2) is 5.78 Å². The normalized spacial score (nSPS) is 15.1. The molecule has 0 saturated carbocycles. The number of hydrogen-bond acceptors (Lipinski definition) is 2. The first-order chi connectivity index (χ1) is 9.60. The lowest BCUT2D eigenvalue weighted by molar-refractivity contribution is -0.121. The summed E-state index contributed by atoms with van der Waals surface area (Å²) >= 11 is 0. The molecule has 0 bridgehead atoms. The lowest BCUT2D eigenvalue weighted by Gasteiger charge is -2.28. The number of nitriles is 1. The van der Waals surface area contributed by atoms with Gasteiger partial charge in [0.2, 0.25) is 0 Å². The molecule has 2 heteroatoms. The number of benzene rings is 1. The summed E-state index contributed by atoms with van der Waals surface area (Å²) in [5.41, 5.74) is -0.139. The summed E-state index contributed by atoms with van der Waals surface area (Å²) in [6.45, 7) is 5.86. The summed E-state index contributed by atoms with van der Waals surface area (Å²) in [7, 11) is 0. The standard InChI is InChI=1S/C18H25NO/c1-4-6-10-16(5-2)13-18(14-19,15(3)20)17-11-8-7-9-12-17/h7-9,11-12,16H,4-6,10,13H2,1-3H3. The Morgan fingerprint density at radius 1 is 1.30 bits per heavy atom. The van der Waals surface area contributed by atoms with E-state index < -0.39 is 5.41 Å². The first-order valence-corrected chi connectivity index (χ1v) is 7.58. The van der Waals surface area contributed by atoms with Gasteiger partial charge in [0.1, 0.15) is 5.41 Å². The van der Waals surface area contributed by atoms with Crippen molar-refractivity contribution in [2.24, 2.45) is 5.92 Å². The molecule has 0 N–H and O–H groups in total. The third-order valence-electron chi connectivity index (χ3n) is 4.20. The van der Waals surface area contributed by atoms with Crippen LogP contribution in [0.4, 0.5) is 0 Å². The van der Waals surface area contributed by atoms with Crippen LogP contribution in [0.1, 0.15) is 58.4 Å². The van der Waals surface area contributed by atoms with Crippen molar-refractivity contribution >= 4 is 5.78 Å². The number of nitrogens with zero attached hydrogens (tertiary/aromatic N) is 1. The van der Waals surface area contributed by atoms with Crippen LogP contribution in [-0.2, 0) is 10.2 Å². The molecule has 1 rings (SSSR count). The summed E-state index contributed by atoms with van der Waals surface area (Å²) in [6.07, 6.45) is 5.06. The van der Waals surface area contributed by atoms with E-state index in [1.807, 2.05) is 30.3 Å². The largest absolute Gasteiger partial charge is 0.298 e. The molecule has 0 radical (unpaired) electrons. The number of carbonyl (C=O) groups excluding carboxylic acids is 1. The van der Waals surface area contributed by atoms with Gasteiger partial charge in [0.05, 0.1) is 6.07 Å². The lowest BCUT2D eigenvalue weighted by Crippen LogP contribution is -2.35. The molecule has 108 valence electrons. The fourth-order valence-corrected chi connectivity index (χ4v) is 2.75. The Morgan fingerprint density at radius 3 is 2.40 bits per heavy atom. The van der Waals surface area contributed by atoms with E-state index in [1.54, 1.807) is 6.92 Å². The highest BCUT2D eigenvalue weighted by Crippen LogP contribution is 2.35. The van der Waals surface area contributed by atoms with Gasteiger partial charge in [0.25, 0.3) is 0 Å². The summed E-state index contributed by atoms with van der Waals surface area (Å²) in [5.74, 6) is 0.389. The molecule has 0 aliphatic heterocycles. The smallest absolute Gasteiger partial charge is 0.154 e. The molecular weight excluding hydrogens is 246 g/mol. The van der Waals surface area contributed by atoms with Crippen molar-refractivity contribution in [2.45, 2.75) is 58.3 Å². The molecule has 0 aromatic heterocycles. The van der Waals surface area contributed by atoms with E-state index in [-0.39, 0.29) is 5.78 Å². The number of hydrogen-bond donors (Lipinski definition) is 0. The third kappa shape index (κ3) is 3.70. The Bertz CT molecular complexity index is 460. The Morgan fingerprint density at radius 2 is 1.95 bits per heavy atom. The van der Waals surface area contributed by atoms with Crippen molar-refractivity contribution in [3.8, 4) is 6.07 Å². The van der Waals surface area contributed by atoms with Crippen LogP contribution in [0.2, 0.25) is 0 Å². The zero-order valence-electron chi connectivity index (χ0n) is 12.9. The summed E-state index contributed by atoms with van der Waals surface area (Å²) in [6, 6.07) is 11.8. The van der Waals surface area contributed by atoms with Gasteiger partial charge in [-0.1, -0.05) is 69.9 Å². The zero-order valence-corrected chi connectivity index (χ0v) is 12.9. The molecule has 1 aromatic carbocycles. The van der Waals surface area contributed by atoms with Gasteiger partial charge in [-0.25, -0.2) is 0 Å². The molecule has 2 atom stereocenters. The van der Waals surface area contributed by atoms with E-state index in [0.717, 1.165) is 31.2 Å². The molecule has 0 aliphatic carbocycles. The van der Waals surface area contributed by atoms with Crippen LogP contribution in [0.5, 0.6) is 0 Å². The van der Waals surface area contributed by atoms with Gasteiger partial charge in [0, 0.05) is 0 Å². The van der Waals surface area contributed by atoms with Gasteiger partial charge in [-0.3, -0.25) is 4.79 Å². The molecule has 0 saturated heterocycles. The van der Waals surface area contributed by atoms with Crippen molar-refractivity contribution in [2.75, 3.05) is 0 Å². The van der Waals surface area contributed by atoms with Gasteiger partial charge in [-0.05, 0) is 24.8 Å². The highest BCUT2D eigenvalue weighted by atomic mass is 16.1. The van der Waals surface area contributed by atoms with E-state index in [2.05, 4.69) is 19.9 Å². The zero-order chi connectivity index (χ0) is 15.0. The first kappa shape index (κ1) is 16.4. The van der Waals surface area contributed by atoms with Crippen LogP contribution in [0.25, 0.3) is 0 Å². The minimum atomic E-state index is -0.977. The van der Waals surface area contributed by atoms with Crippen molar-refractivity contribution in [1.29, 1.82) is 5.26 Å². The van der Waals surface area contributed by atoms with Crippen molar-refractivity contribution in [1.82, 2.24) is 0 Å². The summed E-state index contributed by atoms with van der Waals surface area (Å²) in [5, 5.41) is 9.70. The van der Waals surface area contributed by atoms with Crippen LogP contribution < -0.4 is 0 Å². The van der Waals surface area contributed by atoms with E-state index >= 15 is 0 Å². The predicted molar refractivity (Wildman–Crippen MR) is 82.3 cm³/mol. The van der Waals surface area contributed by atoms with Crippen LogP contribution >= 0.6 is 0 Å². The number of unbranched alkanes of at least 4 members (excludes halogenated alkanes) is 1. The van der Waals surface area contributed by atoms with Crippen LogP contribution in [0.15, 0.2) is 30.3 Å². The van der Waals surface area contributed by atoms with Gasteiger partial charge in [-0.2, -0.15) is 5.26 Å². The topological polar surface area (TPSA) is 40.9 Å². The second-order valence-electron chi connectivity index (χ2n) is 5.56. The number of Topliss-reactive ketones (excluding diaryl/α,β-unsaturated/α-hetero) is 1. The second kappa shape index (κ2) is 7.85. The molecule has 0 heterocycles. The van der Waals surface area contributed by atoms with E-state index in [1.165, 1.54) is 0 Å². The van der Waals surface area contributed by atoms with Crippen LogP contribution in [0, 0.1) is 17.2 Å². The van der Waals surface area contributed by atoms with Gasteiger partial charge >= 0.3 is 0 Å². The predicted octanol–water partition coefficient (Wildman–Crippen LogP) is 4.64. The molecule has 0 spiro atoms. The molecular formula is C18H25NO. The Kier molecular flexibility index (Phi) is 6.45. The van der Waals surface area contributed by atoms with E-state index in [4.69, 9.17) is 0 Å². The van der Waals surface area contributed by atoms with Gasteiger partial charge in [-0.15, -0.1) is 0 Å². The van der Waals surface area contributed by atoms with Crippen LogP contribution in [-0.4, -0.2) is 5.78 Å². The quantitative estimate of drug-likeness (QED) is 0.691. The average Bonchev–Trinajstić information content (AvgIpc) is 2.48. The lowest BCUT2D eigenvalue weighted by atomic mass is 9.71. The first-order valence-electron chi connectivity index (χ1n) is 7.58. The molecule has 1 aromatic rings. The van der Waals surface area contributed by atoms with Gasteiger partial charge < -0.3 is 0 Å². The number of ketones is 1. The van der Waals surface area contributed by atoms with Crippen LogP contribution in [0.3, 0.4) is 0 Å². The monoisotopic (exact) mass is 271 g/mol. The molecule has 20 heavy (non-hydrogen) atoms. The second-order valence-corrected chi connectivity index (χ2v) is 5.56. The minimum Gasteiger partial charge on any atom is -0.298 e. The number of carbonyl (C=O) groups is 1. The molecule has 0 aliphatic rings. The Labute approximate surface area is 122 Å². The molecule has 2 unspecified atom stereocenters. The maximum Gasteiger partial charge on any atom is 0.154 e. The fraction of sp³-hybridized carbons (Fsp3) is 0.556. The molecule has 0 amide bonds.